The van der Waals surface area contributed by atoms with Gasteiger partial charge in [-0.2, -0.15) is 0 Å². The lowest BCUT2D eigenvalue weighted by molar-refractivity contribution is 0.0682. The van der Waals surface area contributed by atoms with Crippen LogP contribution in [0.25, 0.3) is 43.1 Å². The van der Waals surface area contributed by atoms with Crippen molar-refractivity contribution in [2.45, 2.75) is 310 Å². The second kappa shape index (κ2) is 39.8. The van der Waals surface area contributed by atoms with Crippen LogP contribution < -0.4 is 4.74 Å². The number of carbonyl (C=O) groups is 2. The van der Waals surface area contributed by atoms with E-state index in [0.717, 1.165) is 84.9 Å². The fourth-order valence-corrected chi connectivity index (χ4v) is 13.6. The molecule has 0 saturated heterocycles. The molecule has 0 bridgehead atoms. The standard InChI is InChI=1S/C78H114O4/c1-5-9-13-17-21-25-29-33-37-41-49-65-63-52-45-46-53-64(63)69(51-43-39-35-31-27-23-19-15-11-7-3)74-61-62(57-58-70(65)74)78(81)82-76-73(77(79)80)60-59-72-68(50-42-38-34-30-26-22-18-14-10-6-2)66-54-47-48-55-67(66)71(75(72)76)56-44-40-36-32-28-24-20-16-12-8-4/h45-48,52-55,57-61H,5-44,49-51,56H2,1-4H3,(H,79,80). The van der Waals surface area contributed by atoms with Crippen molar-refractivity contribution in [3.05, 3.63) is 112 Å². The van der Waals surface area contributed by atoms with Crippen molar-refractivity contribution >= 4 is 55.0 Å². The number of hydrogen-bond donors (Lipinski definition) is 1. The summed E-state index contributed by atoms with van der Waals surface area (Å²) in [4.78, 5) is 28.7. The number of hydrogen-bond acceptors (Lipinski definition) is 3. The maximum absolute atomic E-state index is 15.2. The number of aromatic carboxylic acids is 1. The van der Waals surface area contributed by atoms with E-state index in [2.05, 4.69) is 88.4 Å². The predicted molar refractivity (Wildman–Crippen MR) is 357 cm³/mol. The molecule has 0 unspecified atom stereocenters. The first-order valence-electron chi connectivity index (χ1n) is 34.8. The van der Waals surface area contributed by atoms with E-state index in [9.17, 15) is 9.90 Å². The van der Waals surface area contributed by atoms with Crippen LogP contribution in [-0.4, -0.2) is 17.0 Å². The van der Waals surface area contributed by atoms with E-state index in [1.807, 2.05) is 12.1 Å². The molecule has 6 aromatic carbocycles. The molecule has 82 heavy (non-hydrogen) atoms. The number of rotatable bonds is 47. The molecule has 6 rings (SSSR count). The van der Waals surface area contributed by atoms with E-state index in [4.69, 9.17) is 4.74 Å². The van der Waals surface area contributed by atoms with E-state index in [0.29, 0.717) is 5.56 Å². The minimum Gasteiger partial charge on any atom is -0.478 e. The van der Waals surface area contributed by atoms with Crippen molar-refractivity contribution in [1.29, 1.82) is 0 Å². The van der Waals surface area contributed by atoms with Gasteiger partial charge in [0, 0.05) is 5.39 Å². The van der Waals surface area contributed by atoms with Crippen LogP contribution in [-0.2, 0) is 25.7 Å². The number of unbranched alkanes of at least 4 members (excludes halogenated alkanes) is 36. The van der Waals surface area contributed by atoms with Crippen molar-refractivity contribution in [2.24, 2.45) is 0 Å². The normalized spacial score (nSPS) is 11.8. The van der Waals surface area contributed by atoms with E-state index in [1.165, 1.54) is 263 Å². The molecular weight excluding hydrogens is 1000 g/mol. The van der Waals surface area contributed by atoms with Crippen LogP contribution in [0.1, 0.15) is 327 Å². The van der Waals surface area contributed by atoms with E-state index in [-0.39, 0.29) is 11.3 Å². The Morgan fingerprint density at radius 2 is 0.598 bits per heavy atom. The van der Waals surface area contributed by atoms with Gasteiger partial charge in [-0.3, -0.25) is 0 Å². The molecule has 0 heterocycles. The van der Waals surface area contributed by atoms with Gasteiger partial charge in [0.2, 0.25) is 0 Å². The Balaban J connectivity index is 1.33. The fraction of sp³-hybridized carbons (Fsp3) is 0.615. The van der Waals surface area contributed by atoms with Crippen LogP contribution in [0.2, 0.25) is 0 Å². The summed E-state index contributed by atoms with van der Waals surface area (Å²) in [7, 11) is 0. The molecule has 0 amide bonds. The SMILES string of the molecule is CCCCCCCCCCCCc1c2ccccc2c(CCCCCCCCCCCC)c2cc(C(=O)Oc3c(C(=O)O)ccc4c(CCCCCCCCCCCC)c5ccccc5c(CCCCCCCCCCCC)c34)ccc12. The molecule has 0 aliphatic heterocycles. The summed E-state index contributed by atoms with van der Waals surface area (Å²) in [5.41, 5.74) is 5.60. The Labute approximate surface area is 500 Å². The quantitative estimate of drug-likeness (QED) is 0.0179. The van der Waals surface area contributed by atoms with Gasteiger partial charge in [-0.05, 0) is 130 Å². The number of carboxylic acids is 1. The van der Waals surface area contributed by atoms with Crippen LogP contribution >= 0.6 is 0 Å². The largest absolute Gasteiger partial charge is 0.478 e. The van der Waals surface area contributed by atoms with E-state index in [1.54, 1.807) is 6.07 Å². The maximum atomic E-state index is 15.2. The van der Waals surface area contributed by atoms with Crippen molar-refractivity contribution in [1.82, 2.24) is 0 Å². The molecule has 4 nitrogen and oxygen atoms in total. The van der Waals surface area contributed by atoms with Gasteiger partial charge in [0.15, 0.2) is 5.75 Å². The lowest BCUT2D eigenvalue weighted by atomic mass is 9.86. The van der Waals surface area contributed by atoms with Gasteiger partial charge in [0.05, 0.1) is 5.56 Å². The van der Waals surface area contributed by atoms with Crippen LogP contribution in [0.5, 0.6) is 5.75 Å². The van der Waals surface area contributed by atoms with Gasteiger partial charge < -0.3 is 9.84 Å². The number of aryl methyl sites for hydroxylation is 4. The molecule has 0 radical (unpaired) electrons. The van der Waals surface area contributed by atoms with Crippen LogP contribution in [0, 0.1) is 0 Å². The highest BCUT2D eigenvalue weighted by Crippen LogP contribution is 2.43. The minimum absolute atomic E-state index is 0.0533. The topological polar surface area (TPSA) is 63.6 Å². The number of carboxylic acid groups (broad SMARTS) is 1. The minimum atomic E-state index is -1.07. The summed E-state index contributed by atoms with van der Waals surface area (Å²) < 4.78 is 6.75. The second-order valence-electron chi connectivity index (χ2n) is 25.1. The Morgan fingerprint density at radius 3 is 0.951 bits per heavy atom. The first kappa shape index (κ1) is 66.4. The summed E-state index contributed by atoms with van der Waals surface area (Å²) in [6.07, 6.45) is 54.8. The van der Waals surface area contributed by atoms with Gasteiger partial charge in [0.1, 0.15) is 5.56 Å². The average Bonchev–Trinajstić information content (AvgIpc) is 3.69. The van der Waals surface area contributed by atoms with E-state index >= 15 is 4.79 Å². The number of esters is 1. The number of benzene rings is 6. The summed E-state index contributed by atoms with van der Waals surface area (Å²) in [6, 6.07) is 27.9. The zero-order valence-electron chi connectivity index (χ0n) is 52.8. The van der Waals surface area contributed by atoms with Crippen LogP contribution in [0.4, 0.5) is 0 Å². The molecule has 0 aromatic heterocycles. The molecule has 0 saturated carbocycles. The molecule has 6 aromatic rings. The molecule has 450 valence electrons. The Morgan fingerprint density at radius 1 is 0.317 bits per heavy atom. The van der Waals surface area contributed by atoms with Gasteiger partial charge >= 0.3 is 11.9 Å². The molecule has 4 heteroatoms. The molecular formula is C78H114O4. The highest BCUT2D eigenvalue weighted by molar-refractivity contribution is 6.13. The number of fused-ring (bicyclic) bond motifs is 4. The van der Waals surface area contributed by atoms with Gasteiger partial charge in [0.25, 0.3) is 0 Å². The molecule has 0 aliphatic rings. The zero-order valence-corrected chi connectivity index (χ0v) is 52.8. The lowest BCUT2D eigenvalue weighted by Gasteiger charge is -2.21. The fourth-order valence-electron chi connectivity index (χ4n) is 13.6. The summed E-state index contributed by atoms with van der Waals surface area (Å²) in [5, 5.41) is 20.3. The molecule has 0 aliphatic carbocycles. The first-order valence-corrected chi connectivity index (χ1v) is 34.8. The summed E-state index contributed by atoms with van der Waals surface area (Å²) >= 11 is 0. The van der Waals surface area contributed by atoms with Gasteiger partial charge in [-0.15, -0.1) is 0 Å². The third-order valence-electron chi connectivity index (χ3n) is 18.4. The van der Waals surface area contributed by atoms with Crippen molar-refractivity contribution in [2.75, 3.05) is 0 Å². The zero-order chi connectivity index (χ0) is 57.8. The van der Waals surface area contributed by atoms with Crippen molar-refractivity contribution < 1.29 is 19.4 Å². The Kier molecular flexibility index (Phi) is 32.2. The highest BCUT2D eigenvalue weighted by atomic mass is 16.5. The number of carbonyl (C=O) groups excluding carboxylic acids is 1. The Bertz CT molecular complexity index is 2760. The van der Waals surface area contributed by atoms with Gasteiger partial charge in [-0.25, -0.2) is 9.59 Å². The van der Waals surface area contributed by atoms with Crippen LogP contribution in [0.3, 0.4) is 0 Å². The molecule has 0 spiro atoms. The lowest BCUT2D eigenvalue weighted by Crippen LogP contribution is -2.13. The first-order chi connectivity index (χ1) is 40.4. The average molecular weight is 1120 g/mol. The van der Waals surface area contributed by atoms with Gasteiger partial charge in [-0.1, -0.05) is 320 Å². The van der Waals surface area contributed by atoms with Crippen LogP contribution in [0.15, 0.2) is 78.9 Å². The second-order valence-corrected chi connectivity index (χ2v) is 25.1. The third kappa shape index (κ3) is 21.4. The smallest absolute Gasteiger partial charge is 0.343 e. The summed E-state index contributed by atoms with van der Waals surface area (Å²) in [6.45, 7) is 9.15. The third-order valence-corrected chi connectivity index (χ3v) is 18.4. The molecule has 0 fully saturated rings. The monoisotopic (exact) mass is 1110 g/mol. The highest BCUT2D eigenvalue weighted by Gasteiger charge is 2.26. The number of ether oxygens (including phenoxy) is 1. The van der Waals surface area contributed by atoms with E-state index < -0.39 is 11.9 Å². The van der Waals surface area contributed by atoms with Crippen molar-refractivity contribution in [3.63, 3.8) is 0 Å². The molecule has 1 N–H and O–H groups in total. The predicted octanol–water partition coefficient (Wildman–Crippen LogP) is 25.1. The van der Waals surface area contributed by atoms with Crippen molar-refractivity contribution in [3.8, 4) is 5.75 Å². The summed E-state index contributed by atoms with van der Waals surface area (Å²) in [5.74, 6) is -1.35. The Hall–Kier alpha value is -4.70. The maximum Gasteiger partial charge on any atom is 0.343 e. The molecule has 0 atom stereocenters.